The Hall–Kier alpha value is -0.350. The highest BCUT2D eigenvalue weighted by Crippen LogP contribution is 1.97. The summed E-state index contributed by atoms with van der Waals surface area (Å²) in [5, 5.41) is 5.58. The minimum Gasteiger partial charge on any atom is -0.137 e. The third kappa shape index (κ3) is 1.08. The molecule has 0 aromatic carbocycles. The van der Waals surface area contributed by atoms with Crippen LogP contribution in [0.1, 0.15) is 12.6 Å². The van der Waals surface area contributed by atoms with E-state index < -0.39 is 0 Å². The molecule has 0 amide bonds. The Bertz CT molecular complexity index is 180. The molecule has 0 spiro atoms. The molecule has 8 heavy (non-hydrogen) atoms. The SMILES string of the molecule is CC(=S)c1csnn1. The number of thiocarbonyl (C=S) groups is 1. The quantitative estimate of drug-likeness (QED) is 0.438. The first-order valence-corrected chi connectivity index (χ1v) is 3.33. The minimum absolute atomic E-state index is 0.804. The molecule has 0 fully saturated rings. The normalized spacial score (nSPS) is 9.12. The largest absolute Gasteiger partial charge is 0.137 e. The van der Waals surface area contributed by atoms with Gasteiger partial charge in [-0.15, -0.1) is 5.10 Å². The van der Waals surface area contributed by atoms with Crippen molar-refractivity contribution in [2.45, 2.75) is 6.92 Å². The van der Waals surface area contributed by atoms with Crippen molar-refractivity contribution in [2.75, 3.05) is 0 Å². The number of aromatic nitrogens is 2. The highest BCUT2D eigenvalue weighted by molar-refractivity contribution is 7.80. The van der Waals surface area contributed by atoms with Crippen LogP contribution in [0.25, 0.3) is 0 Å². The van der Waals surface area contributed by atoms with E-state index in [1.54, 1.807) is 0 Å². The Morgan fingerprint density at radius 2 is 2.62 bits per heavy atom. The van der Waals surface area contributed by atoms with Crippen LogP contribution >= 0.6 is 23.8 Å². The number of rotatable bonds is 1. The maximum absolute atomic E-state index is 4.82. The summed E-state index contributed by atoms with van der Waals surface area (Å²) in [5.74, 6) is 0. The molecule has 0 saturated carbocycles. The van der Waals surface area contributed by atoms with Gasteiger partial charge in [0.1, 0.15) is 5.69 Å². The van der Waals surface area contributed by atoms with Crippen molar-refractivity contribution in [1.29, 1.82) is 0 Å². The molecule has 1 aromatic heterocycles. The van der Waals surface area contributed by atoms with Gasteiger partial charge >= 0.3 is 0 Å². The molecule has 1 rings (SSSR count). The second-order valence-corrected chi connectivity index (χ2v) is 2.57. The van der Waals surface area contributed by atoms with Crippen molar-refractivity contribution in [3.8, 4) is 0 Å². The van der Waals surface area contributed by atoms with Gasteiger partial charge in [0.2, 0.25) is 0 Å². The summed E-state index contributed by atoms with van der Waals surface area (Å²) in [6.07, 6.45) is 0. The Kier molecular flexibility index (Phi) is 1.65. The van der Waals surface area contributed by atoms with E-state index in [1.807, 2.05) is 12.3 Å². The Labute approximate surface area is 56.7 Å². The summed E-state index contributed by atoms with van der Waals surface area (Å²) in [4.78, 5) is 0.804. The van der Waals surface area contributed by atoms with E-state index >= 15 is 0 Å². The standard InChI is InChI=1S/C4H4N2S2/c1-3(7)4-2-8-6-5-4/h2H,1H3. The van der Waals surface area contributed by atoms with E-state index in [0.29, 0.717) is 0 Å². The lowest BCUT2D eigenvalue weighted by molar-refractivity contribution is 1.14. The molecule has 0 N–H and O–H groups in total. The molecule has 2 nitrogen and oxygen atoms in total. The van der Waals surface area contributed by atoms with E-state index in [0.717, 1.165) is 10.6 Å². The molecule has 0 aliphatic heterocycles. The number of nitrogens with zero attached hydrogens (tertiary/aromatic N) is 2. The fraction of sp³-hybridized carbons (Fsp3) is 0.250. The fourth-order valence-electron chi connectivity index (χ4n) is 0.318. The monoisotopic (exact) mass is 144 g/mol. The molecule has 1 aromatic rings. The second-order valence-electron chi connectivity index (χ2n) is 1.35. The van der Waals surface area contributed by atoms with Gasteiger partial charge in [-0.25, -0.2) is 0 Å². The highest BCUT2D eigenvalue weighted by atomic mass is 32.1. The van der Waals surface area contributed by atoms with Crippen molar-refractivity contribution in [3.63, 3.8) is 0 Å². The Morgan fingerprint density at radius 3 is 2.88 bits per heavy atom. The van der Waals surface area contributed by atoms with Crippen LogP contribution < -0.4 is 0 Å². The van der Waals surface area contributed by atoms with Crippen LogP contribution in [0.2, 0.25) is 0 Å². The molecule has 0 aliphatic rings. The van der Waals surface area contributed by atoms with Gasteiger partial charge in [0.25, 0.3) is 0 Å². The predicted octanol–water partition coefficient (Wildman–Crippen LogP) is 1.28. The van der Waals surface area contributed by atoms with Crippen molar-refractivity contribution in [2.24, 2.45) is 0 Å². The summed E-state index contributed by atoms with van der Waals surface area (Å²) in [5.41, 5.74) is 0.824. The van der Waals surface area contributed by atoms with Crippen LogP contribution in [-0.4, -0.2) is 14.5 Å². The van der Waals surface area contributed by atoms with Crippen molar-refractivity contribution >= 4 is 28.6 Å². The molecule has 1 heterocycles. The van der Waals surface area contributed by atoms with Crippen molar-refractivity contribution < 1.29 is 0 Å². The third-order valence-corrected chi connectivity index (χ3v) is 1.43. The van der Waals surface area contributed by atoms with Gasteiger partial charge in [-0.05, 0) is 18.5 Å². The van der Waals surface area contributed by atoms with Gasteiger partial charge in [-0.2, -0.15) is 0 Å². The van der Waals surface area contributed by atoms with Gasteiger partial charge in [-0.1, -0.05) is 16.7 Å². The summed E-state index contributed by atoms with van der Waals surface area (Å²) in [7, 11) is 0. The second kappa shape index (κ2) is 2.28. The molecule has 0 saturated heterocycles. The van der Waals surface area contributed by atoms with Crippen LogP contribution in [-0.2, 0) is 0 Å². The average Bonchev–Trinajstić information content (AvgIpc) is 2.12. The van der Waals surface area contributed by atoms with Crippen molar-refractivity contribution in [1.82, 2.24) is 9.59 Å². The van der Waals surface area contributed by atoms with Crippen LogP contribution in [0.4, 0.5) is 0 Å². The van der Waals surface area contributed by atoms with E-state index in [2.05, 4.69) is 9.59 Å². The van der Waals surface area contributed by atoms with E-state index in [1.165, 1.54) is 11.5 Å². The predicted molar refractivity (Wildman–Crippen MR) is 37.3 cm³/mol. The van der Waals surface area contributed by atoms with Crippen LogP contribution in [0.5, 0.6) is 0 Å². The maximum Gasteiger partial charge on any atom is 0.112 e. The van der Waals surface area contributed by atoms with Crippen LogP contribution in [0.3, 0.4) is 0 Å². The fourth-order valence-corrected chi connectivity index (χ4v) is 0.998. The van der Waals surface area contributed by atoms with E-state index in [9.17, 15) is 0 Å². The van der Waals surface area contributed by atoms with Crippen LogP contribution in [0, 0.1) is 0 Å². The first-order chi connectivity index (χ1) is 3.80. The topological polar surface area (TPSA) is 25.8 Å². The Balaban J connectivity index is 2.93. The molecule has 0 atom stereocenters. The molecule has 0 unspecified atom stereocenters. The third-order valence-electron chi connectivity index (χ3n) is 0.721. The molecule has 0 bridgehead atoms. The van der Waals surface area contributed by atoms with Gasteiger partial charge in [0, 0.05) is 10.2 Å². The zero-order chi connectivity index (χ0) is 5.98. The molecule has 4 heteroatoms. The van der Waals surface area contributed by atoms with Crippen molar-refractivity contribution in [3.05, 3.63) is 11.1 Å². The number of hydrogen-bond donors (Lipinski definition) is 0. The smallest absolute Gasteiger partial charge is 0.112 e. The maximum atomic E-state index is 4.82. The first-order valence-electron chi connectivity index (χ1n) is 2.08. The Morgan fingerprint density at radius 1 is 1.88 bits per heavy atom. The molecule has 0 radical (unpaired) electrons. The molecule has 0 aliphatic carbocycles. The molecular weight excluding hydrogens is 140 g/mol. The van der Waals surface area contributed by atoms with Gasteiger partial charge < -0.3 is 0 Å². The van der Waals surface area contributed by atoms with E-state index in [4.69, 9.17) is 12.2 Å². The summed E-state index contributed by atoms with van der Waals surface area (Å²) >= 11 is 6.14. The summed E-state index contributed by atoms with van der Waals surface area (Å²) < 4.78 is 3.65. The van der Waals surface area contributed by atoms with Crippen LogP contribution in [0.15, 0.2) is 5.38 Å². The number of hydrogen-bond acceptors (Lipinski definition) is 4. The zero-order valence-corrected chi connectivity index (χ0v) is 5.92. The lowest BCUT2D eigenvalue weighted by Crippen LogP contribution is -1.88. The van der Waals surface area contributed by atoms with Gasteiger partial charge in [0.15, 0.2) is 0 Å². The van der Waals surface area contributed by atoms with Gasteiger partial charge in [-0.3, -0.25) is 0 Å². The molecule has 42 valence electrons. The van der Waals surface area contributed by atoms with E-state index in [-0.39, 0.29) is 0 Å². The van der Waals surface area contributed by atoms with Gasteiger partial charge in [0.05, 0.1) is 0 Å². The zero-order valence-electron chi connectivity index (χ0n) is 4.29. The summed E-state index contributed by atoms with van der Waals surface area (Å²) in [6, 6.07) is 0. The lowest BCUT2D eigenvalue weighted by atomic mass is 10.4. The average molecular weight is 144 g/mol. The molecular formula is C4H4N2S2. The summed E-state index contributed by atoms with van der Waals surface area (Å²) in [6.45, 7) is 1.84. The first kappa shape index (κ1) is 5.78. The minimum atomic E-state index is 0.804. The highest BCUT2D eigenvalue weighted by Gasteiger charge is 1.94. The lowest BCUT2D eigenvalue weighted by Gasteiger charge is -1.80.